The van der Waals surface area contributed by atoms with Gasteiger partial charge < -0.3 is 5.32 Å². The Morgan fingerprint density at radius 2 is 2.19 bits per heavy atom. The van der Waals surface area contributed by atoms with Crippen LogP contribution < -0.4 is 5.32 Å². The number of hydrogen-bond donors (Lipinski definition) is 1. The van der Waals surface area contributed by atoms with Crippen LogP contribution in [-0.4, -0.2) is 33.8 Å². The predicted molar refractivity (Wildman–Crippen MR) is 72.8 cm³/mol. The number of aromatic nitrogens is 2. The minimum atomic E-state index is 0.428. The number of rotatable bonds is 5. The maximum atomic E-state index is 5.92. The van der Waals surface area contributed by atoms with E-state index in [0.717, 1.165) is 12.4 Å². The van der Waals surface area contributed by atoms with Gasteiger partial charge >= 0.3 is 0 Å². The fourth-order valence-electron chi connectivity index (χ4n) is 1.42. The molecule has 0 radical (unpaired) electrons. The molecule has 0 saturated heterocycles. The van der Waals surface area contributed by atoms with Crippen LogP contribution in [0.5, 0.6) is 0 Å². The second-order valence-corrected chi connectivity index (χ2v) is 6.24. The summed E-state index contributed by atoms with van der Waals surface area (Å²) in [6.45, 7) is 0.954. The van der Waals surface area contributed by atoms with Gasteiger partial charge in [-0.1, -0.05) is 23.4 Å². The Kier molecular flexibility index (Phi) is 3.87. The molecule has 1 aromatic rings. The third kappa shape index (κ3) is 2.96. The van der Waals surface area contributed by atoms with Gasteiger partial charge in [0.25, 0.3) is 0 Å². The van der Waals surface area contributed by atoms with Crippen LogP contribution in [0, 0.1) is 0 Å². The van der Waals surface area contributed by atoms with Crippen LogP contribution in [0.3, 0.4) is 0 Å². The second kappa shape index (κ2) is 5.02. The quantitative estimate of drug-likeness (QED) is 0.508. The zero-order chi connectivity index (χ0) is 11.6. The van der Waals surface area contributed by atoms with Crippen molar-refractivity contribution in [2.45, 2.75) is 22.7 Å². The first-order chi connectivity index (χ1) is 7.67. The Hall–Kier alpha value is -0.130. The molecule has 88 valence electrons. The first-order valence-electron chi connectivity index (χ1n) is 5.05. The second-order valence-electron chi connectivity index (χ2n) is 3.80. The van der Waals surface area contributed by atoms with E-state index < -0.39 is 0 Å². The molecule has 1 N–H and O–H groups in total. The number of nitrogens with one attached hydrogen (secondary N) is 1. The van der Waals surface area contributed by atoms with Crippen molar-refractivity contribution in [3.05, 3.63) is 11.2 Å². The molecule has 1 aliphatic rings. The van der Waals surface area contributed by atoms with Crippen LogP contribution in [0.2, 0.25) is 5.15 Å². The number of hydrogen-bond acceptors (Lipinski definition) is 5. The highest BCUT2D eigenvalue weighted by Gasteiger charge is 2.41. The Morgan fingerprint density at radius 1 is 1.44 bits per heavy atom. The zero-order valence-electron chi connectivity index (χ0n) is 9.29. The van der Waals surface area contributed by atoms with Crippen molar-refractivity contribution >= 4 is 40.9 Å². The molecular formula is C10H14ClN3S2. The third-order valence-corrected chi connectivity index (χ3v) is 4.85. The summed E-state index contributed by atoms with van der Waals surface area (Å²) in [5.74, 6) is 0.824. The number of anilines is 1. The minimum absolute atomic E-state index is 0.428. The van der Waals surface area contributed by atoms with Crippen LogP contribution in [-0.2, 0) is 0 Å². The molecule has 16 heavy (non-hydrogen) atoms. The third-order valence-electron chi connectivity index (χ3n) is 2.69. The molecule has 1 heterocycles. The SMILES string of the molecule is CSc1nc(Cl)cc(NCC2(SC)CC2)n1. The highest BCUT2D eigenvalue weighted by molar-refractivity contribution is 8.00. The minimum Gasteiger partial charge on any atom is -0.368 e. The van der Waals surface area contributed by atoms with Gasteiger partial charge in [0.15, 0.2) is 5.16 Å². The fourth-order valence-corrected chi connectivity index (χ4v) is 2.76. The van der Waals surface area contributed by atoms with E-state index in [2.05, 4.69) is 21.5 Å². The average molecular weight is 276 g/mol. The Bertz CT molecular complexity index is 382. The highest BCUT2D eigenvalue weighted by atomic mass is 35.5. The van der Waals surface area contributed by atoms with E-state index in [9.17, 15) is 0 Å². The molecule has 0 spiro atoms. The molecule has 0 atom stereocenters. The standard InChI is InChI=1S/C10H14ClN3S2/c1-15-9-13-7(11)5-8(14-9)12-6-10(16-2)3-4-10/h5H,3-4,6H2,1-2H3,(H,12,13,14). The summed E-state index contributed by atoms with van der Waals surface area (Å²) in [6.07, 6.45) is 6.68. The lowest BCUT2D eigenvalue weighted by Crippen LogP contribution is -2.18. The summed E-state index contributed by atoms with van der Waals surface area (Å²) in [5.41, 5.74) is 0. The Labute approximate surface area is 109 Å². The maximum absolute atomic E-state index is 5.92. The fraction of sp³-hybridized carbons (Fsp3) is 0.600. The molecule has 0 aromatic carbocycles. The van der Waals surface area contributed by atoms with Gasteiger partial charge in [-0.2, -0.15) is 11.8 Å². The largest absolute Gasteiger partial charge is 0.368 e. The van der Waals surface area contributed by atoms with Gasteiger partial charge in [-0.05, 0) is 25.4 Å². The lowest BCUT2D eigenvalue weighted by Gasteiger charge is -2.13. The summed E-state index contributed by atoms with van der Waals surface area (Å²) < 4.78 is 0.428. The molecule has 0 amide bonds. The molecule has 2 rings (SSSR count). The molecule has 6 heteroatoms. The Morgan fingerprint density at radius 3 is 2.75 bits per heavy atom. The topological polar surface area (TPSA) is 37.8 Å². The monoisotopic (exact) mass is 275 g/mol. The molecule has 1 aromatic heterocycles. The normalized spacial score (nSPS) is 17.2. The van der Waals surface area contributed by atoms with Crippen LogP contribution in [0.15, 0.2) is 11.2 Å². The Balaban J connectivity index is 2.01. The van der Waals surface area contributed by atoms with E-state index in [4.69, 9.17) is 11.6 Å². The van der Waals surface area contributed by atoms with E-state index >= 15 is 0 Å². The summed E-state index contributed by atoms with van der Waals surface area (Å²) in [7, 11) is 0. The van der Waals surface area contributed by atoms with Gasteiger partial charge in [0, 0.05) is 17.4 Å². The molecular weight excluding hydrogens is 262 g/mol. The summed E-state index contributed by atoms with van der Waals surface area (Å²) in [5, 5.41) is 4.55. The first kappa shape index (κ1) is 12.3. The van der Waals surface area contributed by atoms with Crippen LogP contribution in [0.25, 0.3) is 0 Å². The molecule has 1 fully saturated rings. The van der Waals surface area contributed by atoms with Gasteiger partial charge in [-0.25, -0.2) is 9.97 Å². The summed E-state index contributed by atoms with van der Waals surface area (Å²) in [6, 6.07) is 1.78. The summed E-state index contributed by atoms with van der Waals surface area (Å²) in [4.78, 5) is 8.47. The van der Waals surface area contributed by atoms with Crippen molar-refractivity contribution in [1.82, 2.24) is 9.97 Å². The molecule has 0 unspecified atom stereocenters. The van der Waals surface area contributed by atoms with E-state index in [-0.39, 0.29) is 0 Å². The lowest BCUT2D eigenvalue weighted by atomic mass is 10.4. The smallest absolute Gasteiger partial charge is 0.190 e. The zero-order valence-corrected chi connectivity index (χ0v) is 11.7. The molecule has 1 aliphatic carbocycles. The van der Waals surface area contributed by atoms with Gasteiger partial charge in [0.05, 0.1) is 0 Å². The average Bonchev–Trinajstić information content (AvgIpc) is 3.06. The summed E-state index contributed by atoms with van der Waals surface area (Å²) >= 11 is 9.35. The number of nitrogens with zero attached hydrogens (tertiary/aromatic N) is 2. The lowest BCUT2D eigenvalue weighted by molar-refractivity contribution is 0.911. The number of halogens is 1. The van der Waals surface area contributed by atoms with Gasteiger partial charge in [0.2, 0.25) is 0 Å². The van der Waals surface area contributed by atoms with Gasteiger partial charge in [0.1, 0.15) is 11.0 Å². The first-order valence-corrected chi connectivity index (χ1v) is 7.88. The van der Waals surface area contributed by atoms with Crippen LogP contribution in [0.1, 0.15) is 12.8 Å². The van der Waals surface area contributed by atoms with Crippen molar-refractivity contribution in [2.24, 2.45) is 0 Å². The van der Waals surface area contributed by atoms with Gasteiger partial charge in [-0.15, -0.1) is 0 Å². The van der Waals surface area contributed by atoms with Gasteiger partial charge in [-0.3, -0.25) is 0 Å². The van der Waals surface area contributed by atoms with E-state index in [1.54, 1.807) is 6.07 Å². The predicted octanol–water partition coefficient (Wildman–Crippen LogP) is 3.16. The molecule has 3 nitrogen and oxygen atoms in total. The molecule has 0 aliphatic heterocycles. The van der Waals surface area contributed by atoms with Crippen molar-refractivity contribution in [2.75, 3.05) is 24.4 Å². The van der Waals surface area contributed by atoms with E-state index in [1.165, 1.54) is 24.6 Å². The number of thioether (sulfide) groups is 2. The van der Waals surface area contributed by atoms with Crippen molar-refractivity contribution in [3.8, 4) is 0 Å². The highest BCUT2D eigenvalue weighted by Crippen LogP contribution is 2.46. The molecule has 0 bridgehead atoms. The van der Waals surface area contributed by atoms with Crippen LogP contribution in [0.4, 0.5) is 5.82 Å². The van der Waals surface area contributed by atoms with E-state index in [1.807, 2.05) is 18.0 Å². The van der Waals surface area contributed by atoms with Crippen LogP contribution >= 0.6 is 35.1 Å². The molecule has 1 saturated carbocycles. The van der Waals surface area contributed by atoms with E-state index in [0.29, 0.717) is 15.1 Å². The van der Waals surface area contributed by atoms with Crippen molar-refractivity contribution in [3.63, 3.8) is 0 Å². The van der Waals surface area contributed by atoms with Crippen molar-refractivity contribution < 1.29 is 0 Å². The maximum Gasteiger partial charge on any atom is 0.190 e. The van der Waals surface area contributed by atoms with Crippen molar-refractivity contribution in [1.29, 1.82) is 0 Å².